The Hall–Kier alpha value is -0.600. The molecule has 4 saturated heterocycles. The van der Waals surface area contributed by atoms with E-state index in [4.69, 9.17) is 66.3 Å². The van der Waals surface area contributed by atoms with Crippen LogP contribution in [0.25, 0.3) is 0 Å². The Bertz CT molecular complexity index is 884. The van der Waals surface area contributed by atoms with E-state index >= 15 is 0 Å². The zero-order valence-electron chi connectivity index (χ0n) is 30.2. The SMILES string of the molecule is COC(OC)[C@@H]1OC(C)(C)O[C@H]1[C@H](OCCNCCO[C@@H]([C@@H]1OC(C)(C)O[C@H]1C(OC)OC)[C@H]1COC(C)(C)O1)[C@H]1COC(C)(C)O1. The molecule has 0 aromatic carbocycles. The predicted molar refractivity (Wildman–Crippen MR) is 165 cm³/mol. The van der Waals surface area contributed by atoms with Crippen molar-refractivity contribution in [1.82, 2.24) is 5.32 Å². The molecule has 0 spiro atoms. The van der Waals surface area contributed by atoms with Crippen molar-refractivity contribution in [2.45, 2.75) is 140 Å². The Labute approximate surface area is 279 Å². The van der Waals surface area contributed by atoms with Crippen molar-refractivity contribution in [1.29, 1.82) is 0 Å². The van der Waals surface area contributed by atoms with Gasteiger partial charge in [0.2, 0.25) is 0 Å². The number of nitrogens with one attached hydrogen (secondary N) is 1. The number of rotatable bonds is 18. The summed E-state index contributed by atoms with van der Waals surface area (Å²) in [6.45, 7) is 17.4. The lowest BCUT2D eigenvalue weighted by Crippen LogP contribution is -2.51. The van der Waals surface area contributed by atoms with Crippen LogP contribution in [0.3, 0.4) is 0 Å². The quantitative estimate of drug-likeness (QED) is 0.166. The Kier molecular flexibility index (Phi) is 13.5. The molecule has 8 atom stereocenters. The second kappa shape index (κ2) is 16.2. The van der Waals surface area contributed by atoms with Crippen LogP contribution in [0.5, 0.6) is 0 Å². The van der Waals surface area contributed by atoms with Gasteiger partial charge in [-0.05, 0) is 55.4 Å². The molecule has 47 heavy (non-hydrogen) atoms. The normalized spacial score (nSPS) is 34.1. The van der Waals surface area contributed by atoms with Crippen LogP contribution in [0.1, 0.15) is 55.4 Å². The lowest BCUT2D eigenvalue weighted by atomic mass is 10.0. The van der Waals surface area contributed by atoms with Gasteiger partial charge in [-0.2, -0.15) is 0 Å². The van der Waals surface area contributed by atoms with Gasteiger partial charge in [0.15, 0.2) is 35.7 Å². The summed E-state index contributed by atoms with van der Waals surface area (Å²) in [5, 5.41) is 3.40. The molecule has 15 heteroatoms. The summed E-state index contributed by atoms with van der Waals surface area (Å²) < 4.78 is 84.3. The molecular weight excluding hydrogens is 622 g/mol. The van der Waals surface area contributed by atoms with Crippen molar-refractivity contribution in [3.63, 3.8) is 0 Å². The first kappa shape index (κ1) is 39.2. The first-order chi connectivity index (χ1) is 22.0. The van der Waals surface area contributed by atoms with Gasteiger partial charge in [0.1, 0.15) is 48.8 Å². The maximum Gasteiger partial charge on any atom is 0.185 e. The fraction of sp³-hybridized carbons (Fsp3) is 1.00. The van der Waals surface area contributed by atoms with E-state index in [1.165, 1.54) is 0 Å². The summed E-state index contributed by atoms with van der Waals surface area (Å²) in [6, 6.07) is 0. The minimum absolute atomic E-state index is 0.347. The van der Waals surface area contributed by atoms with E-state index in [1.807, 2.05) is 55.4 Å². The standard InChI is InChI=1S/C32H59NO14/c1-29(2)40-17-19(42-29)21(23-25(27(34-9)35-10)46-31(5,6)44-23)38-15-13-33-14-16-39-22(20-18-41-30(3,4)43-20)24-26(28(36-11)37-12)47-32(7,8)45-24/h19-28,33H,13-18H2,1-12H3/t19-,20-,21-,22-,23+,24+,25-,26-/m1/s1. The zero-order chi connectivity index (χ0) is 34.6. The van der Waals surface area contributed by atoms with Crippen molar-refractivity contribution in [3.8, 4) is 0 Å². The van der Waals surface area contributed by atoms with Crippen molar-refractivity contribution < 1.29 is 66.3 Å². The first-order valence-corrected chi connectivity index (χ1v) is 16.4. The molecule has 4 heterocycles. The highest BCUT2D eigenvalue weighted by atomic mass is 16.8. The highest BCUT2D eigenvalue weighted by Crippen LogP contribution is 2.39. The van der Waals surface area contributed by atoms with Crippen LogP contribution in [0, 0.1) is 0 Å². The Morgan fingerprint density at radius 1 is 0.511 bits per heavy atom. The van der Waals surface area contributed by atoms with Crippen LogP contribution in [-0.4, -0.2) is 153 Å². The lowest BCUT2D eigenvalue weighted by Gasteiger charge is -2.33. The van der Waals surface area contributed by atoms with E-state index in [9.17, 15) is 0 Å². The van der Waals surface area contributed by atoms with Crippen LogP contribution in [0.2, 0.25) is 0 Å². The second-order valence-corrected chi connectivity index (χ2v) is 14.0. The maximum atomic E-state index is 6.44. The summed E-state index contributed by atoms with van der Waals surface area (Å²) in [4.78, 5) is 0. The average molecular weight is 682 g/mol. The minimum atomic E-state index is -0.870. The Balaban J connectivity index is 1.35. The molecule has 0 saturated carbocycles. The number of hydrogen-bond acceptors (Lipinski definition) is 15. The van der Waals surface area contributed by atoms with E-state index in [0.29, 0.717) is 39.5 Å². The van der Waals surface area contributed by atoms with Gasteiger partial charge in [0.05, 0.1) is 26.4 Å². The largest absolute Gasteiger partial charge is 0.371 e. The van der Waals surface area contributed by atoms with Gasteiger partial charge in [0.25, 0.3) is 0 Å². The summed E-state index contributed by atoms with van der Waals surface area (Å²) >= 11 is 0. The van der Waals surface area contributed by atoms with Gasteiger partial charge < -0.3 is 71.6 Å². The number of ether oxygens (including phenoxy) is 14. The lowest BCUT2D eigenvalue weighted by molar-refractivity contribution is -0.203. The average Bonchev–Trinajstić information content (AvgIpc) is 3.72. The molecule has 276 valence electrons. The molecule has 4 aliphatic heterocycles. The van der Waals surface area contributed by atoms with Crippen LogP contribution < -0.4 is 5.32 Å². The first-order valence-electron chi connectivity index (χ1n) is 16.4. The van der Waals surface area contributed by atoms with Crippen molar-refractivity contribution in [3.05, 3.63) is 0 Å². The molecule has 4 fully saturated rings. The Morgan fingerprint density at radius 3 is 1.15 bits per heavy atom. The fourth-order valence-electron chi connectivity index (χ4n) is 6.53. The van der Waals surface area contributed by atoms with E-state index in [0.717, 1.165) is 0 Å². The molecule has 0 aliphatic carbocycles. The van der Waals surface area contributed by atoms with Gasteiger partial charge in [-0.15, -0.1) is 0 Å². The summed E-state index contributed by atoms with van der Waals surface area (Å²) in [6.07, 6.45) is -5.29. The smallest absolute Gasteiger partial charge is 0.185 e. The molecule has 15 nitrogen and oxygen atoms in total. The highest BCUT2D eigenvalue weighted by molar-refractivity contribution is 4.96. The van der Waals surface area contributed by atoms with Gasteiger partial charge in [-0.1, -0.05) is 0 Å². The van der Waals surface area contributed by atoms with E-state index in [1.54, 1.807) is 28.4 Å². The molecule has 0 aromatic rings. The van der Waals surface area contributed by atoms with E-state index in [2.05, 4.69) is 5.32 Å². The molecule has 4 aliphatic rings. The van der Waals surface area contributed by atoms with Crippen molar-refractivity contribution in [2.75, 3.05) is 68.0 Å². The topological polar surface area (TPSA) is 141 Å². The van der Waals surface area contributed by atoms with Gasteiger partial charge in [-0.3, -0.25) is 0 Å². The second-order valence-electron chi connectivity index (χ2n) is 14.0. The summed E-state index contributed by atoms with van der Waals surface area (Å²) in [7, 11) is 6.27. The molecule has 4 rings (SSSR count). The van der Waals surface area contributed by atoms with Gasteiger partial charge in [0, 0.05) is 41.5 Å². The highest BCUT2D eigenvalue weighted by Gasteiger charge is 2.55. The monoisotopic (exact) mass is 681 g/mol. The predicted octanol–water partition coefficient (Wildman–Crippen LogP) is 1.93. The van der Waals surface area contributed by atoms with E-state index < -0.39 is 72.4 Å². The Morgan fingerprint density at radius 2 is 0.851 bits per heavy atom. The fourth-order valence-corrected chi connectivity index (χ4v) is 6.53. The third-order valence-corrected chi connectivity index (χ3v) is 8.41. The molecule has 0 aromatic heterocycles. The van der Waals surface area contributed by atoms with Crippen LogP contribution in [0.4, 0.5) is 0 Å². The minimum Gasteiger partial charge on any atom is -0.371 e. The molecule has 1 N–H and O–H groups in total. The van der Waals surface area contributed by atoms with Crippen LogP contribution in [0.15, 0.2) is 0 Å². The molecule has 0 bridgehead atoms. The molecule has 0 radical (unpaired) electrons. The maximum absolute atomic E-state index is 6.44. The number of methoxy groups -OCH3 is 4. The summed E-state index contributed by atoms with van der Waals surface area (Å²) in [5.41, 5.74) is 0. The zero-order valence-corrected chi connectivity index (χ0v) is 30.2. The molecule has 0 unspecified atom stereocenters. The van der Waals surface area contributed by atoms with Crippen LogP contribution >= 0.6 is 0 Å². The van der Waals surface area contributed by atoms with Crippen LogP contribution in [-0.2, 0) is 66.3 Å². The van der Waals surface area contributed by atoms with Crippen molar-refractivity contribution >= 4 is 0 Å². The summed E-state index contributed by atoms with van der Waals surface area (Å²) in [5.74, 6) is -3.23. The van der Waals surface area contributed by atoms with Gasteiger partial charge in [-0.25, -0.2) is 0 Å². The van der Waals surface area contributed by atoms with Crippen molar-refractivity contribution in [2.24, 2.45) is 0 Å². The molecular formula is C32H59NO14. The third-order valence-electron chi connectivity index (χ3n) is 8.41. The molecule has 0 amide bonds. The number of hydrogen-bond donors (Lipinski definition) is 1. The van der Waals surface area contributed by atoms with Gasteiger partial charge >= 0.3 is 0 Å². The van der Waals surface area contributed by atoms with E-state index in [-0.39, 0.29) is 12.2 Å². The third kappa shape index (κ3) is 10.2.